The number of carboxylic acid groups (broad SMARTS) is 1. The average molecular weight is 268 g/mol. The van der Waals surface area contributed by atoms with Crippen molar-refractivity contribution in [3.05, 3.63) is 60.2 Å². The van der Waals surface area contributed by atoms with Gasteiger partial charge in [-0.05, 0) is 36.0 Å². The molecule has 0 aromatic heterocycles. The van der Waals surface area contributed by atoms with E-state index in [1.807, 2.05) is 25.1 Å². The molecule has 2 aromatic carbocycles. The summed E-state index contributed by atoms with van der Waals surface area (Å²) in [6.45, 7) is 1.93. The molecule has 104 valence electrons. The van der Waals surface area contributed by atoms with Crippen LogP contribution in [0.2, 0.25) is 0 Å². The minimum absolute atomic E-state index is 0.233. The van der Waals surface area contributed by atoms with Crippen molar-refractivity contribution in [1.82, 2.24) is 0 Å². The van der Waals surface area contributed by atoms with E-state index in [-0.39, 0.29) is 5.92 Å². The van der Waals surface area contributed by atoms with Gasteiger partial charge in [0.05, 0.1) is 5.92 Å². The second-order valence-electron chi connectivity index (χ2n) is 5.05. The van der Waals surface area contributed by atoms with Crippen LogP contribution in [0, 0.1) is 5.92 Å². The van der Waals surface area contributed by atoms with Crippen LogP contribution in [-0.4, -0.2) is 11.1 Å². The van der Waals surface area contributed by atoms with Crippen molar-refractivity contribution < 1.29 is 9.90 Å². The third-order valence-electron chi connectivity index (χ3n) is 3.68. The molecule has 2 aromatic rings. The molecular weight excluding hydrogens is 248 g/mol. The van der Waals surface area contributed by atoms with Crippen LogP contribution in [0.3, 0.4) is 0 Å². The Hall–Kier alpha value is -2.09. The van der Waals surface area contributed by atoms with Crippen molar-refractivity contribution in [2.45, 2.75) is 26.2 Å². The van der Waals surface area contributed by atoms with Crippen LogP contribution >= 0.6 is 0 Å². The molecule has 0 spiro atoms. The molecule has 0 heterocycles. The van der Waals surface area contributed by atoms with Gasteiger partial charge in [0.2, 0.25) is 0 Å². The Morgan fingerprint density at radius 3 is 2.15 bits per heavy atom. The highest BCUT2D eigenvalue weighted by molar-refractivity contribution is 5.69. The summed E-state index contributed by atoms with van der Waals surface area (Å²) < 4.78 is 0. The predicted octanol–water partition coefficient (Wildman–Crippen LogP) is 4.40. The van der Waals surface area contributed by atoms with Gasteiger partial charge in [-0.25, -0.2) is 0 Å². The van der Waals surface area contributed by atoms with Gasteiger partial charge in [0.1, 0.15) is 0 Å². The van der Waals surface area contributed by atoms with E-state index in [4.69, 9.17) is 5.11 Å². The van der Waals surface area contributed by atoms with Crippen molar-refractivity contribution in [3.8, 4) is 11.1 Å². The number of rotatable bonds is 6. The van der Waals surface area contributed by atoms with Gasteiger partial charge in [-0.15, -0.1) is 0 Å². The number of hydrogen-bond acceptors (Lipinski definition) is 1. The summed E-state index contributed by atoms with van der Waals surface area (Å²) in [5.41, 5.74) is 3.60. The first kappa shape index (κ1) is 14.3. The molecule has 2 heteroatoms. The maximum absolute atomic E-state index is 11.0. The first-order valence-electron chi connectivity index (χ1n) is 7.08. The third-order valence-corrected chi connectivity index (χ3v) is 3.68. The molecule has 0 saturated carbocycles. The molecule has 1 N–H and O–H groups in total. The van der Waals surface area contributed by atoms with Crippen LogP contribution in [0.25, 0.3) is 11.1 Å². The van der Waals surface area contributed by atoms with Gasteiger partial charge in [0, 0.05) is 0 Å². The number of aliphatic carboxylic acids is 1. The number of carboxylic acids is 1. The van der Waals surface area contributed by atoms with Gasteiger partial charge >= 0.3 is 5.97 Å². The van der Waals surface area contributed by atoms with Crippen LogP contribution < -0.4 is 0 Å². The lowest BCUT2D eigenvalue weighted by molar-refractivity contribution is -0.142. The number of aryl methyl sites for hydroxylation is 1. The minimum atomic E-state index is -0.687. The van der Waals surface area contributed by atoms with Crippen LogP contribution in [0.5, 0.6) is 0 Å². The summed E-state index contributed by atoms with van der Waals surface area (Å²) in [7, 11) is 0. The van der Waals surface area contributed by atoms with E-state index in [0.29, 0.717) is 12.8 Å². The summed E-state index contributed by atoms with van der Waals surface area (Å²) in [5.74, 6) is -0.919. The van der Waals surface area contributed by atoms with Gasteiger partial charge in [-0.1, -0.05) is 61.5 Å². The van der Waals surface area contributed by atoms with E-state index in [1.165, 1.54) is 16.7 Å². The first-order chi connectivity index (χ1) is 9.70. The standard InChI is InChI=1S/C18H20O2/c1-2-15(18(19)20)11-8-14-9-12-17(13-10-14)16-6-4-3-5-7-16/h3-7,9-10,12-13,15H,2,8,11H2,1H3,(H,19,20). The summed E-state index contributed by atoms with van der Waals surface area (Å²) in [5, 5.41) is 9.04. The number of carbonyl (C=O) groups is 1. The van der Waals surface area contributed by atoms with Crippen LogP contribution in [0.15, 0.2) is 54.6 Å². The Morgan fingerprint density at radius 1 is 1.00 bits per heavy atom. The molecule has 20 heavy (non-hydrogen) atoms. The predicted molar refractivity (Wildman–Crippen MR) is 81.6 cm³/mol. The number of benzene rings is 2. The quantitative estimate of drug-likeness (QED) is 0.843. The molecule has 1 atom stereocenters. The molecule has 0 fully saturated rings. The summed E-state index contributed by atoms with van der Waals surface area (Å²) in [4.78, 5) is 11.0. The molecular formula is C18H20O2. The van der Waals surface area contributed by atoms with Crippen molar-refractivity contribution >= 4 is 5.97 Å². The van der Waals surface area contributed by atoms with Gasteiger partial charge in [0.25, 0.3) is 0 Å². The summed E-state index contributed by atoms with van der Waals surface area (Å²) >= 11 is 0. The Labute approximate surface area is 120 Å². The third kappa shape index (κ3) is 3.70. The molecule has 2 nitrogen and oxygen atoms in total. The van der Waals surface area contributed by atoms with E-state index in [2.05, 4.69) is 36.4 Å². The topological polar surface area (TPSA) is 37.3 Å². The number of hydrogen-bond donors (Lipinski definition) is 1. The van der Waals surface area contributed by atoms with E-state index in [0.717, 1.165) is 6.42 Å². The fourth-order valence-electron chi connectivity index (χ4n) is 2.34. The van der Waals surface area contributed by atoms with E-state index in [9.17, 15) is 4.79 Å². The average Bonchev–Trinajstić information content (AvgIpc) is 2.49. The lowest BCUT2D eigenvalue weighted by Crippen LogP contribution is -2.13. The minimum Gasteiger partial charge on any atom is -0.481 e. The van der Waals surface area contributed by atoms with Crippen LogP contribution in [0.4, 0.5) is 0 Å². The van der Waals surface area contributed by atoms with Crippen molar-refractivity contribution in [2.75, 3.05) is 0 Å². The molecule has 0 aliphatic carbocycles. The molecule has 1 unspecified atom stereocenters. The smallest absolute Gasteiger partial charge is 0.306 e. The molecule has 0 radical (unpaired) electrons. The maximum atomic E-state index is 11.0. The summed E-state index contributed by atoms with van der Waals surface area (Å²) in [6, 6.07) is 18.6. The van der Waals surface area contributed by atoms with E-state index < -0.39 is 5.97 Å². The van der Waals surface area contributed by atoms with Gasteiger partial charge in [0.15, 0.2) is 0 Å². The molecule has 2 rings (SSSR count). The highest BCUT2D eigenvalue weighted by Gasteiger charge is 2.14. The molecule has 0 saturated heterocycles. The molecule has 0 bridgehead atoms. The highest BCUT2D eigenvalue weighted by Crippen LogP contribution is 2.20. The molecule has 0 amide bonds. The van der Waals surface area contributed by atoms with Gasteiger partial charge in [-0.2, -0.15) is 0 Å². The van der Waals surface area contributed by atoms with Crippen molar-refractivity contribution in [1.29, 1.82) is 0 Å². The van der Waals surface area contributed by atoms with Crippen molar-refractivity contribution in [2.24, 2.45) is 5.92 Å². The lowest BCUT2D eigenvalue weighted by Gasteiger charge is -2.09. The SMILES string of the molecule is CCC(CCc1ccc(-c2ccccc2)cc1)C(=O)O. The normalized spacial score (nSPS) is 12.1. The maximum Gasteiger partial charge on any atom is 0.306 e. The second-order valence-corrected chi connectivity index (χ2v) is 5.05. The Balaban J connectivity index is 2.00. The lowest BCUT2D eigenvalue weighted by atomic mass is 9.96. The zero-order valence-corrected chi connectivity index (χ0v) is 11.8. The fourth-order valence-corrected chi connectivity index (χ4v) is 2.34. The Bertz CT molecular complexity index is 543. The monoisotopic (exact) mass is 268 g/mol. The molecule has 0 aliphatic rings. The Morgan fingerprint density at radius 2 is 1.60 bits per heavy atom. The van der Waals surface area contributed by atoms with E-state index >= 15 is 0 Å². The van der Waals surface area contributed by atoms with Crippen LogP contribution in [-0.2, 0) is 11.2 Å². The van der Waals surface area contributed by atoms with E-state index in [1.54, 1.807) is 0 Å². The Kier molecular flexibility index (Phi) is 4.94. The summed E-state index contributed by atoms with van der Waals surface area (Å²) in [6.07, 6.45) is 2.22. The van der Waals surface area contributed by atoms with Gasteiger partial charge in [-0.3, -0.25) is 4.79 Å². The fraction of sp³-hybridized carbons (Fsp3) is 0.278. The zero-order valence-electron chi connectivity index (χ0n) is 11.8. The van der Waals surface area contributed by atoms with Crippen molar-refractivity contribution in [3.63, 3.8) is 0 Å². The molecule has 0 aliphatic heterocycles. The second kappa shape index (κ2) is 6.90. The zero-order chi connectivity index (χ0) is 14.4. The largest absolute Gasteiger partial charge is 0.481 e. The first-order valence-corrected chi connectivity index (χ1v) is 7.08. The van der Waals surface area contributed by atoms with Gasteiger partial charge < -0.3 is 5.11 Å². The highest BCUT2D eigenvalue weighted by atomic mass is 16.4. The van der Waals surface area contributed by atoms with Crippen LogP contribution in [0.1, 0.15) is 25.3 Å².